The molecular formula is C36H46Cl2N6O4. The number of carbonyl (C=O) groups excluding carboxylic acids is 1. The van der Waals surface area contributed by atoms with Crippen LogP contribution in [0.4, 0.5) is 4.79 Å². The second-order valence-electron chi connectivity index (χ2n) is 13.8. The Morgan fingerprint density at radius 2 is 1.56 bits per heavy atom. The third kappa shape index (κ3) is 6.91. The largest absolute Gasteiger partial charge is 0.477 e. The van der Waals surface area contributed by atoms with Crippen molar-refractivity contribution in [1.29, 1.82) is 0 Å². The van der Waals surface area contributed by atoms with Crippen molar-refractivity contribution in [1.82, 2.24) is 24.7 Å². The molecule has 3 atom stereocenters. The first kappa shape index (κ1) is 36.0. The molecule has 2 aliphatic rings. The van der Waals surface area contributed by atoms with Crippen molar-refractivity contribution in [3.63, 3.8) is 0 Å². The molecule has 0 bridgehead atoms. The normalized spacial score (nSPS) is 22.5. The fraction of sp³-hybridized carbons (Fsp3) is 0.500. The summed E-state index contributed by atoms with van der Waals surface area (Å²) in [6, 6.07) is 14.9. The zero-order valence-electron chi connectivity index (χ0n) is 28.6. The maximum atomic E-state index is 15.1. The van der Waals surface area contributed by atoms with E-state index >= 15 is 4.79 Å². The van der Waals surface area contributed by atoms with Gasteiger partial charge in [0.25, 0.3) is 0 Å². The number of β-amino-alcohol motifs (C(OH)–C–C–N with tert-alkyl or cyclic N) is 1. The first-order chi connectivity index (χ1) is 22.7. The van der Waals surface area contributed by atoms with E-state index in [9.17, 15) is 10.2 Å². The predicted octanol–water partition coefficient (Wildman–Crippen LogP) is 5.85. The van der Waals surface area contributed by atoms with Gasteiger partial charge in [-0.2, -0.15) is 4.98 Å². The lowest BCUT2D eigenvalue weighted by molar-refractivity contribution is 0.0555. The smallest absolute Gasteiger partial charge is 0.326 e. The highest BCUT2D eigenvalue weighted by molar-refractivity contribution is 6.30. The lowest BCUT2D eigenvalue weighted by atomic mass is 9.71. The molecule has 0 aliphatic carbocycles. The van der Waals surface area contributed by atoms with Crippen molar-refractivity contribution in [3.8, 4) is 5.88 Å². The zero-order chi connectivity index (χ0) is 34.9. The lowest BCUT2D eigenvalue weighted by Crippen LogP contribution is -2.61. The van der Waals surface area contributed by atoms with E-state index in [1.54, 1.807) is 11.1 Å². The molecule has 48 heavy (non-hydrogen) atoms. The average molecular weight is 698 g/mol. The highest BCUT2D eigenvalue weighted by Gasteiger charge is 2.60. The van der Waals surface area contributed by atoms with Crippen molar-refractivity contribution < 1.29 is 19.7 Å². The van der Waals surface area contributed by atoms with Gasteiger partial charge in [0.1, 0.15) is 22.7 Å². The summed E-state index contributed by atoms with van der Waals surface area (Å²) in [5.74, 6) is 1.38. The quantitative estimate of drug-likeness (QED) is 0.288. The molecule has 3 unspecified atom stereocenters. The minimum Gasteiger partial charge on any atom is -0.477 e. The van der Waals surface area contributed by atoms with Crippen LogP contribution in [0.25, 0.3) is 0 Å². The van der Waals surface area contributed by atoms with Crippen molar-refractivity contribution >= 4 is 35.1 Å². The number of aliphatic hydroxyl groups is 2. The van der Waals surface area contributed by atoms with Gasteiger partial charge in [0, 0.05) is 61.0 Å². The predicted molar refractivity (Wildman–Crippen MR) is 189 cm³/mol. The standard InChI is InChI=1S/C36H46Cl2N6O4/c1-7-48-31-29(22-39-32(40-31)34(2,3)4)30-41-35(5,24-8-12-26(37)13-9-24)36(6,25-10-14-27(38)15-11-25)44(30)33(47)43-19-17-42(18-20-43)23-28(46)16-21-45/h8-15,22,28,45-46H,7,16-21,23H2,1-6H3. The first-order valence-corrected chi connectivity index (χ1v) is 17.2. The van der Waals surface area contributed by atoms with E-state index in [0.717, 1.165) is 11.1 Å². The number of urea groups is 1. The van der Waals surface area contributed by atoms with E-state index in [-0.39, 0.29) is 18.1 Å². The van der Waals surface area contributed by atoms with E-state index in [4.69, 9.17) is 42.9 Å². The third-order valence-electron chi connectivity index (χ3n) is 9.46. The number of halogens is 2. The van der Waals surface area contributed by atoms with Gasteiger partial charge in [-0.1, -0.05) is 68.2 Å². The number of nitrogens with zero attached hydrogens (tertiary/aromatic N) is 6. The van der Waals surface area contributed by atoms with Crippen LogP contribution in [0.3, 0.4) is 0 Å². The fourth-order valence-electron chi connectivity index (χ4n) is 6.50. The van der Waals surface area contributed by atoms with E-state index in [1.165, 1.54) is 0 Å². The minimum absolute atomic E-state index is 0.0729. The van der Waals surface area contributed by atoms with Gasteiger partial charge in [0.2, 0.25) is 5.88 Å². The number of amidine groups is 1. The summed E-state index contributed by atoms with van der Waals surface area (Å²) < 4.78 is 6.14. The number of aliphatic imine (C=N–C) groups is 1. The molecule has 0 spiro atoms. The molecule has 5 rings (SSSR count). The van der Waals surface area contributed by atoms with Crippen molar-refractivity contribution in [3.05, 3.63) is 87.3 Å². The van der Waals surface area contributed by atoms with Gasteiger partial charge in [-0.3, -0.25) is 14.8 Å². The zero-order valence-corrected chi connectivity index (χ0v) is 30.1. The summed E-state index contributed by atoms with van der Waals surface area (Å²) in [7, 11) is 0. The van der Waals surface area contributed by atoms with Crippen LogP contribution in [0.2, 0.25) is 10.0 Å². The molecule has 1 aromatic heterocycles. The Bertz CT molecular complexity index is 1620. The summed E-state index contributed by atoms with van der Waals surface area (Å²) in [6.45, 7) is 14.9. The Morgan fingerprint density at radius 3 is 2.10 bits per heavy atom. The highest BCUT2D eigenvalue weighted by Crippen LogP contribution is 2.54. The molecule has 258 valence electrons. The van der Waals surface area contributed by atoms with E-state index in [0.29, 0.717) is 78.9 Å². The Hall–Kier alpha value is -3.28. The molecule has 3 heterocycles. The van der Waals surface area contributed by atoms with Crippen LogP contribution in [0.5, 0.6) is 5.88 Å². The number of carbonyl (C=O) groups is 1. The summed E-state index contributed by atoms with van der Waals surface area (Å²) >= 11 is 12.7. The molecule has 12 heteroatoms. The fourth-order valence-corrected chi connectivity index (χ4v) is 6.75. The SMILES string of the molecule is CCOc1nc(C(C)(C)C)ncc1C1=NC(C)(c2ccc(Cl)cc2)C(C)(c2ccc(Cl)cc2)N1C(=O)N1CCN(CC(O)CCO)CC1. The van der Waals surface area contributed by atoms with Crippen LogP contribution >= 0.6 is 23.2 Å². The van der Waals surface area contributed by atoms with E-state index in [2.05, 4.69) is 4.90 Å². The molecule has 2 aliphatic heterocycles. The van der Waals surface area contributed by atoms with Crippen LogP contribution in [0, 0.1) is 0 Å². The number of aromatic nitrogens is 2. The van der Waals surface area contributed by atoms with Gasteiger partial charge >= 0.3 is 6.03 Å². The molecule has 0 saturated carbocycles. The molecule has 2 N–H and O–H groups in total. The van der Waals surface area contributed by atoms with Crippen LogP contribution < -0.4 is 4.74 Å². The number of benzene rings is 2. The van der Waals surface area contributed by atoms with Crippen molar-refractivity contribution in [2.75, 3.05) is 45.9 Å². The third-order valence-corrected chi connectivity index (χ3v) is 9.96. The summed E-state index contributed by atoms with van der Waals surface area (Å²) in [5.41, 5.74) is -0.173. The van der Waals surface area contributed by atoms with Crippen molar-refractivity contribution in [2.45, 2.75) is 70.6 Å². The van der Waals surface area contributed by atoms with Crippen LogP contribution in [0.15, 0.2) is 59.7 Å². The summed E-state index contributed by atoms with van der Waals surface area (Å²) in [4.78, 5) is 35.9. The Kier molecular flexibility index (Phi) is 10.7. The maximum Gasteiger partial charge on any atom is 0.326 e. The number of piperazine rings is 1. The number of ether oxygens (including phenoxy) is 1. The van der Waals surface area contributed by atoms with Gasteiger partial charge in [0.15, 0.2) is 0 Å². The number of hydrogen-bond acceptors (Lipinski definition) is 8. The van der Waals surface area contributed by atoms with Gasteiger partial charge in [-0.15, -0.1) is 0 Å². The van der Waals surface area contributed by atoms with Gasteiger partial charge in [-0.05, 0) is 62.6 Å². The average Bonchev–Trinajstić information content (AvgIpc) is 3.29. The molecule has 0 radical (unpaired) electrons. The number of hydrogen-bond donors (Lipinski definition) is 2. The molecule has 2 amide bonds. The van der Waals surface area contributed by atoms with Crippen molar-refractivity contribution in [2.24, 2.45) is 4.99 Å². The molecule has 2 aromatic carbocycles. The second-order valence-corrected chi connectivity index (χ2v) is 14.6. The van der Waals surface area contributed by atoms with Gasteiger partial charge < -0.3 is 19.8 Å². The maximum absolute atomic E-state index is 15.1. The summed E-state index contributed by atoms with van der Waals surface area (Å²) in [5, 5.41) is 20.7. The van der Waals surface area contributed by atoms with Crippen LogP contribution in [-0.4, -0.2) is 98.8 Å². The number of amides is 2. The van der Waals surface area contributed by atoms with Crippen LogP contribution in [-0.2, 0) is 16.5 Å². The Morgan fingerprint density at radius 1 is 0.979 bits per heavy atom. The minimum atomic E-state index is -1.06. The van der Waals surface area contributed by atoms with E-state index < -0.39 is 17.2 Å². The van der Waals surface area contributed by atoms with Crippen LogP contribution in [0.1, 0.15) is 70.5 Å². The number of aliphatic hydroxyl groups excluding tert-OH is 2. The Balaban J connectivity index is 1.68. The van der Waals surface area contributed by atoms with Gasteiger partial charge in [-0.25, -0.2) is 9.78 Å². The lowest BCUT2D eigenvalue weighted by Gasteiger charge is -2.47. The molecular weight excluding hydrogens is 651 g/mol. The molecule has 1 fully saturated rings. The van der Waals surface area contributed by atoms with Gasteiger partial charge in [0.05, 0.1) is 18.3 Å². The second kappa shape index (κ2) is 14.3. The summed E-state index contributed by atoms with van der Waals surface area (Å²) in [6.07, 6.45) is 1.40. The Labute approximate surface area is 293 Å². The monoisotopic (exact) mass is 696 g/mol. The molecule has 3 aromatic rings. The highest BCUT2D eigenvalue weighted by atomic mass is 35.5. The topological polar surface area (TPSA) is 115 Å². The first-order valence-electron chi connectivity index (χ1n) is 16.5. The molecule has 10 nitrogen and oxygen atoms in total. The number of rotatable bonds is 9. The van der Waals surface area contributed by atoms with E-state index in [1.807, 2.05) is 95.0 Å². The molecule has 1 saturated heterocycles.